The highest BCUT2D eigenvalue weighted by molar-refractivity contribution is 5.74. The highest BCUT2D eigenvalue weighted by Gasteiger charge is 2.38. The molecule has 2 heterocycles. The molecule has 0 bridgehead atoms. The van der Waals surface area contributed by atoms with E-state index in [1.165, 1.54) is 38.8 Å². The molecule has 4 atom stereocenters. The highest BCUT2D eigenvalue weighted by Crippen LogP contribution is 2.34. The number of hydrogen-bond donors (Lipinski definition) is 2. The van der Waals surface area contributed by atoms with E-state index in [0.717, 1.165) is 44.9 Å². The van der Waals surface area contributed by atoms with Gasteiger partial charge in [0, 0.05) is 31.7 Å². The van der Waals surface area contributed by atoms with Gasteiger partial charge in [-0.15, -0.1) is 0 Å². The summed E-state index contributed by atoms with van der Waals surface area (Å²) in [5.41, 5.74) is 0. The molecular formula is C18H33N3O2. The normalized spacial score (nSPS) is 34.8. The van der Waals surface area contributed by atoms with Crippen LogP contribution in [0.2, 0.25) is 0 Å². The topological polar surface area (TPSA) is 53.6 Å². The molecule has 0 aromatic rings. The Balaban J connectivity index is 1.30. The van der Waals surface area contributed by atoms with Crippen molar-refractivity contribution in [3.05, 3.63) is 0 Å². The molecule has 132 valence electrons. The second kappa shape index (κ2) is 8.34. The molecule has 3 aliphatic rings. The third-order valence-corrected chi connectivity index (χ3v) is 5.78. The van der Waals surface area contributed by atoms with E-state index in [0.29, 0.717) is 18.1 Å². The molecule has 3 fully saturated rings. The number of nitrogens with one attached hydrogen (secondary N) is 2. The van der Waals surface area contributed by atoms with Crippen LogP contribution in [0.5, 0.6) is 0 Å². The van der Waals surface area contributed by atoms with Gasteiger partial charge in [0.2, 0.25) is 0 Å². The molecule has 1 saturated carbocycles. The Kier molecular flexibility index (Phi) is 6.17. The van der Waals surface area contributed by atoms with Gasteiger partial charge in [-0.25, -0.2) is 4.79 Å². The van der Waals surface area contributed by atoms with Gasteiger partial charge in [-0.2, -0.15) is 0 Å². The van der Waals surface area contributed by atoms with Gasteiger partial charge in [0.25, 0.3) is 0 Å². The minimum atomic E-state index is 0.00885. The quantitative estimate of drug-likeness (QED) is 0.764. The number of piperidine rings is 1. The minimum Gasteiger partial charge on any atom is -0.378 e. The van der Waals surface area contributed by atoms with E-state index in [1.807, 2.05) is 0 Å². The molecule has 0 aromatic heterocycles. The third kappa shape index (κ3) is 4.83. The molecular weight excluding hydrogens is 290 g/mol. The van der Waals surface area contributed by atoms with Crippen LogP contribution >= 0.6 is 0 Å². The lowest BCUT2D eigenvalue weighted by Gasteiger charge is -2.33. The summed E-state index contributed by atoms with van der Waals surface area (Å²) < 4.78 is 5.77. The number of carbonyl (C=O) groups excluding carboxylic acids is 1. The number of hydrogen-bond acceptors (Lipinski definition) is 3. The first-order valence-corrected chi connectivity index (χ1v) is 9.60. The summed E-state index contributed by atoms with van der Waals surface area (Å²) in [6.45, 7) is 7.52. The summed E-state index contributed by atoms with van der Waals surface area (Å²) in [4.78, 5) is 14.7. The average molecular weight is 323 g/mol. The van der Waals surface area contributed by atoms with E-state index in [2.05, 4.69) is 22.5 Å². The fourth-order valence-electron chi connectivity index (χ4n) is 4.57. The van der Waals surface area contributed by atoms with Gasteiger partial charge in [0.15, 0.2) is 0 Å². The lowest BCUT2D eigenvalue weighted by molar-refractivity contribution is 0.0549. The second-order valence-corrected chi connectivity index (χ2v) is 7.70. The van der Waals surface area contributed by atoms with E-state index in [1.54, 1.807) is 0 Å². The van der Waals surface area contributed by atoms with Gasteiger partial charge in [-0.05, 0) is 64.0 Å². The summed E-state index contributed by atoms with van der Waals surface area (Å²) >= 11 is 0. The SMILES string of the molecule is C[C@@H]1CCCN(CCCNC(=O)N[C@@H]2CCC[C@H]3OCC[C@@H]23)C1. The van der Waals surface area contributed by atoms with Crippen molar-refractivity contribution in [3.63, 3.8) is 0 Å². The summed E-state index contributed by atoms with van der Waals surface area (Å²) in [7, 11) is 0. The number of ether oxygens (including phenoxy) is 1. The fourth-order valence-corrected chi connectivity index (χ4v) is 4.57. The van der Waals surface area contributed by atoms with Crippen LogP contribution < -0.4 is 10.6 Å². The summed E-state index contributed by atoms with van der Waals surface area (Å²) in [6.07, 6.45) is 8.64. The zero-order chi connectivity index (χ0) is 16.1. The second-order valence-electron chi connectivity index (χ2n) is 7.70. The smallest absolute Gasteiger partial charge is 0.315 e. The molecule has 0 aromatic carbocycles. The van der Waals surface area contributed by atoms with Gasteiger partial charge in [0.1, 0.15) is 0 Å². The molecule has 5 nitrogen and oxygen atoms in total. The Morgan fingerprint density at radius 1 is 1.22 bits per heavy atom. The number of carbonyl (C=O) groups is 1. The molecule has 2 N–H and O–H groups in total. The van der Waals surface area contributed by atoms with E-state index in [4.69, 9.17) is 4.74 Å². The first-order chi connectivity index (χ1) is 11.2. The van der Waals surface area contributed by atoms with Crippen molar-refractivity contribution < 1.29 is 9.53 Å². The van der Waals surface area contributed by atoms with Gasteiger partial charge in [-0.1, -0.05) is 6.92 Å². The number of fused-ring (bicyclic) bond motifs is 1. The van der Waals surface area contributed by atoms with Gasteiger partial charge < -0.3 is 20.3 Å². The van der Waals surface area contributed by atoms with Crippen LogP contribution in [-0.2, 0) is 4.74 Å². The standard InChI is InChI=1S/C18H33N3O2/c1-14-5-3-10-21(13-14)11-4-9-19-18(22)20-16-6-2-7-17-15(16)8-12-23-17/h14-17H,2-13H2,1H3,(H2,19,20,22)/t14-,15+,16-,17-/m1/s1. The molecule has 2 saturated heterocycles. The van der Waals surface area contributed by atoms with Crippen LogP contribution in [-0.4, -0.2) is 55.9 Å². The summed E-state index contributed by atoms with van der Waals surface area (Å²) in [5, 5.41) is 6.24. The summed E-state index contributed by atoms with van der Waals surface area (Å²) in [6, 6.07) is 0.314. The van der Waals surface area contributed by atoms with Crippen LogP contribution in [0, 0.1) is 11.8 Å². The van der Waals surface area contributed by atoms with Crippen molar-refractivity contribution in [2.75, 3.05) is 32.8 Å². The molecule has 23 heavy (non-hydrogen) atoms. The summed E-state index contributed by atoms with van der Waals surface area (Å²) in [5.74, 6) is 1.36. The van der Waals surface area contributed by atoms with Crippen LogP contribution in [0.15, 0.2) is 0 Å². The Morgan fingerprint density at radius 2 is 2.13 bits per heavy atom. The van der Waals surface area contributed by atoms with E-state index >= 15 is 0 Å². The first-order valence-electron chi connectivity index (χ1n) is 9.60. The predicted octanol–water partition coefficient (Wildman–Crippen LogP) is 2.37. The van der Waals surface area contributed by atoms with Crippen molar-refractivity contribution >= 4 is 6.03 Å². The number of rotatable bonds is 5. The highest BCUT2D eigenvalue weighted by atomic mass is 16.5. The van der Waals surface area contributed by atoms with Crippen molar-refractivity contribution in [3.8, 4) is 0 Å². The Labute approximate surface area is 140 Å². The third-order valence-electron chi connectivity index (χ3n) is 5.78. The average Bonchev–Trinajstić information content (AvgIpc) is 3.01. The maximum atomic E-state index is 12.1. The Hall–Kier alpha value is -0.810. The van der Waals surface area contributed by atoms with E-state index < -0.39 is 0 Å². The molecule has 2 amide bonds. The van der Waals surface area contributed by atoms with Gasteiger partial charge in [-0.3, -0.25) is 0 Å². The monoisotopic (exact) mass is 323 g/mol. The van der Waals surface area contributed by atoms with Crippen LogP contribution in [0.4, 0.5) is 4.79 Å². The van der Waals surface area contributed by atoms with Crippen molar-refractivity contribution in [2.24, 2.45) is 11.8 Å². The maximum absolute atomic E-state index is 12.1. The van der Waals surface area contributed by atoms with E-state index in [9.17, 15) is 4.79 Å². The molecule has 5 heteroatoms. The molecule has 1 aliphatic carbocycles. The predicted molar refractivity (Wildman–Crippen MR) is 91.5 cm³/mol. The zero-order valence-corrected chi connectivity index (χ0v) is 14.6. The number of amides is 2. The largest absolute Gasteiger partial charge is 0.378 e. The van der Waals surface area contributed by atoms with Crippen LogP contribution in [0.1, 0.15) is 51.9 Å². The lowest BCUT2D eigenvalue weighted by atomic mass is 9.82. The fraction of sp³-hybridized carbons (Fsp3) is 0.944. The Bertz CT molecular complexity index is 390. The number of likely N-dealkylation sites (tertiary alicyclic amines) is 1. The first kappa shape index (κ1) is 17.0. The van der Waals surface area contributed by atoms with Crippen molar-refractivity contribution in [1.82, 2.24) is 15.5 Å². The zero-order valence-electron chi connectivity index (χ0n) is 14.6. The molecule has 3 rings (SSSR count). The molecule has 0 radical (unpaired) electrons. The van der Waals surface area contributed by atoms with Crippen LogP contribution in [0.25, 0.3) is 0 Å². The number of urea groups is 1. The van der Waals surface area contributed by atoms with Gasteiger partial charge >= 0.3 is 6.03 Å². The minimum absolute atomic E-state index is 0.00885. The van der Waals surface area contributed by atoms with Gasteiger partial charge in [0.05, 0.1) is 6.10 Å². The van der Waals surface area contributed by atoms with Crippen molar-refractivity contribution in [2.45, 2.75) is 64.0 Å². The van der Waals surface area contributed by atoms with E-state index in [-0.39, 0.29) is 6.03 Å². The lowest BCUT2D eigenvalue weighted by Crippen LogP contribution is -2.49. The number of nitrogens with zero attached hydrogens (tertiary/aromatic N) is 1. The Morgan fingerprint density at radius 3 is 3.00 bits per heavy atom. The molecule has 2 aliphatic heterocycles. The van der Waals surface area contributed by atoms with Crippen molar-refractivity contribution in [1.29, 1.82) is 0 Å². The molecule has 0 spiro atoms. The van der Waals surface area contributed by atoms with Crippen LogP contribution in [0.3, 0.4) is 0 Å². The molecule has 0 unspecified atom stereocenters. The maximum Gasteiger partial charge on any atom is 0.315 e.